The number of Topliss-reactive ketones (excluding diaryl/α,β-unsaturated/α-hetero) is 1. The van der Waals surface area contributed by atoms with Crippen LogP contribution < -0.4 is 26.6 Å². The second-order valence-electron chi connectivity index (χ2n) is 11.7. The smallest absolute Gasteiger partial charge is 0.315 e. The van der Waals surface area contributed by atoms with E-state index in [1.54, 1.807) is 6.92 Å². The third kappa shape index (κ3) is 9.02. The Morgan fingerprint density at radius 1 is 0.951 bits per heavy atom. The van der Waals surface area contributed by atoms with Crippen LogP contribution in [0.15, 0.2) is 12.7 Å². The number of carbonyl (C=O) groups is 6. The van der Waals surface area contributed by atoms with Gasteiger partial charge in [0.1, 0.15) is 12.1 Å². The number of nitrogens with zero attached hydrogens (tertiary/aromatic N) is 1. The summed E-state index contributed by atoms with van der Waals surface area (Å²) in [6, 6.07) is -3.00. The van der Waals surface area contributed by atoms with E-state index in [0.717, 1.165) is 44.9 Å². The van der Waals surface area contributed by atoms with Gasteiger partial charge in [-0.2, -0.15) is 0 Å². The van der Waals surface area contributed by atoms with Crippen molar-refractivity contribution in [1.29, 1.82) is 0 Å². The lowest BCUT2D eigenvalue weighted by atomic mass is 9.70. The van der Waals surface area contributed by atoms with Crippen LogP contribution >= 0.6 is 0 Å². The minimum atomic E-state index is -0.964. The molecule has 3 aliphatic rings. The quantitative estimate of drug-likeness (QED) is 0.153. The van der Waals surface area contributed by atoms with E-state index in [1.807, 2.05) is 6.92 Å². The number of ketones is 1. The molecule has 12 heteroatoms. The molecule has 0 aromatic rings. The molecule has 3 unspecified atom stereocenters. The molecule has 0 aromatic carbocycles. The van der Waals surface area contributed by atoms with Crippen molar-refractivity contribution in [3.63, 3.8) is 0 Å². The van der Waals surface area contributed by atoms with Crippen molar-refractivity contribution in [2.75, 3.05) is 26.2 Å². The summed E-state index contributed by atoms with van der Waals surface area (Å²) in [7, 11) is 0. The average Bonchev–Trinajstić information content (AvgIpc) is 3.63. The molecule has 0 bridgehead atoms. The molecule has 2 aliphatic carbocycles. The number of hydrogen-bond donors (Lipinski definition) is 5. The fourth-order valence-corrected chi connectivity index (χ4v) is 5.85. The molecule has 3 fully saturated rings. The number of likely N-dealkylation sites (tertiary alicyclic amines) is 1. The van der Waals surface area contributed by atoms with Gasteiger partial charge in [-0.05, 0) is 50.4 Å². The predicted octanol–water partition coefficient (Wildman–Crippen LogP) is 0.908. The second-order valence-corrected chi connectivity index (χ2v) is 11.7. The van der Waals surface area contributed by atoms with Gasteiger partial charge in [0.15, 0.2) is 0 Å². The lowest BCUT2D eigenvalue weighted by Crippen LogP contribution is -2.59. The maximum absolute atomic E-state index is 13.3. The molecular weight excluding hydrogens is 528 g/mol. The highest BCUT2D eigenvalue weighted by Crippen LogP contribution is 2.39. The SMILES string of the molecule is C=CCNC(=O)C(=O)C(CC1CC1)NC(=O)C1CCCN1C(=O)CNC(=O)C(NC(=O)NCC)C1(C)CCCCC1. The number of amides is 6. The molecule has 5 N–H and O–H groups in total. The molecule has 2 saturated carbocycles. The Morgan fingerprint density at radius 2 is 1.66 bits per heavy atom. The third-order valence-corrected chi connectivity index (χ3v) is 8.39. The Hall–Kier alpha value is -3.44. The van der Waals surface area contributed by atoms with Gasteiger partial charge in [0.2, 0.25) is 23.5 Å². The van der Waals surface area contributed by atoms with Crippen LogP contribution in [0.5, 0.6) is 0 Å². The van der Waals surface area contributed by atoms with E-state index in [0.29, 0.717) is 32.4 Å². The molecule has 12 nitrogen and oxygen atoms in total. The van der Waals surface area contributed by atoms with Crippen molar-refractivity contribution < 1.29 is 28.8 Å². The van der Waals surface area contributed by atoms with E-state index in [4.69, 9.17) is 0 Å². The standard InChI is InChI=1S/C29H46N6O6/c1-4-15-31-26(39)23(37)20(17-19-11-12-19)33-25(38)21-10-9-16-35(21)22(36)18-32-27(40)24(34-28(41)30-5-2)29(3)13-7-6-8-14-29/h4,19-21,24H,1,5-18H2,2-3H3,(H,31,39)(H,32,40)(H,33,38)(H2,30,34,41). The van der Waals surface area contributed by atoms with Crippen molar-refractivity contribution in [3.8, 4) is 0 Å². The zero-order chi connectivity index (χ0) is 30.0. The van der Waals surface area contributed by atoms with Crippen LogP contribution in [0.1, 0.15) is 78.1 Å². The summed E-state index contributed by atoms with van der Waals surface area (Å²) in [6.45, 7) is 7.88. The molecular formula is C29H46N6O6. The first-order chi connectivity index (χ1) is 19.6. The van der Waals surface area contributed by atoms with Crippen molar-refractivity contribution in [1.82, 2.24) is 31.5 Å². The zero-order valence-electron chi connectivity index (χ0n) is 24.4. The average molecular weight is 575 g/mol. The van der Waals surface area contributed by atoms with Gasteiger partial charge in [-0.1, -0.05) is 45.1 Å². The number of urea groups is 1. The first-order valence-corrected chi connectivity index (χ1v) is 14.9. The van der Waals surface area contributed by atoms with Gasteiger partial charge >= 0.3 is 6.03 Å². The Bertz CT molecular complexity index is 1010. The fourth-order valence-electron chi connectivity index (χ4n) is 5.85. The van der Waals surface area contributed by atoms with Crippen LogP contribution in [0.2, 0.25) is 0 Å². The Labute approximate surface area is 242 Å². The summed E-state index contributed by atoms with van der Waals surface area (Å²) < 4.78 is 0. The molecule has 228 valence electrons. The highest BCUT2D eigenvalue weighted by molar-refractivity contribution is 6.38. The van der Waals surface area contributed by atoms with E-state index in [9.17, 15) is 28.8 Å². The number of hydrogen-bond acceptors (Lipinski definition) is 6. The molecule has 3 atom stereocenters. The van der Waals surface area contributed by atoms with Crippen molar-refractivity contribution in [3.05, 3.63) is 12.7 Å². The minimum Gasteiger partial charge on any atom is -0.346 e. The molecule has 0 aromatic heterocycles. The summed E-state index contributed by atoms with van der Waals surface area (Å²) in [5.41, 5.74) is -0.437. The minimum absolute atomic E-state index is 0.143. The number of carbonyl (C=O) groups excluding carboxylic acids is 6. The van der Waals surface area contributed by atoms with E-state index >= 15 is 0 Å². The van der Waals surface area contributed by atoms with Crippen LogP contribution in [0, 0.1) is 11.3 Å². The van der Waals surface area contributed by atoms with Gasteiger partial charge in [-0.3, -0.25) is 24.0 Å². The van der Waals surface area contributed by atoms with Gasteiger partial charge in [-0.25, -0.2) is 4.79 Å². The highest BCUT2D eigenvalue weighted by atomic mass is 16.2. The van der Waals surface area contributed by atoms with Gasteiger partial charge in [0.25, 0.3) is 5.91 Å². The van der Waals surface area contributed by atoms with Crippen LogP contribution in [0.3, 0.4) is 0 Å². The monoisotopic (exact) mass is 574 g/mol. The van der Waals surface area contributed by atoms with Gasteiger partial charge in [0.05, 0.1) is 12.6 Å². The maximum atomic E-state index is 13.3. The van der Waals surface area contributed by atoms with Crippen LogP contribution in [-0.4, -0.2) is 84.6 Å². The second kappa shape index (κ2) is 15.0. The maximum Gasteiger partial charge on any atom is 0.315 e. The zero-order valence-corrected chi connectivity index (χ0v) is 24.4. The lowest BCUT2D eigenvalue weighted by Gasteiger charge is -2.40. The normalized spacial score (nSPS) is 21.1. The Morgan fingerprint density at radius 3 is 2.29 bits per heavy atom. The summed E-state index contributed by atoms with van der Waals surface area (Å²) in [4.78, 5) is 78.5. The van der Waals surface area contributed by atoms with Gasteiger partial charge in [-0.15, -0.1) is 6.58 Å². The topological polar surface area (TPSA) is 166 Å². The Balaban J connectivity index is 1.61. The molecule has 1 aliphatic heterocycles. The Kier molecular flexibility index (Phi) is 11.7. The number of nitrogens with one attached hydrogen (secondary N) is 5. The van der Waals surface area contributed by atoms with E-state index < -0.39 is 59.0 Å². The van der Waals surface area contributed by atoms with Crippen LogP contribution in [-0.2, 0) is 24.0 Å². The molecule has 3 rings (SSSR count). The summed E-state index contributed by atoms with van der Waals surface area (Å²) in [5.74, 6) is -2.55. The highest BCUT2D eigenvalue weighted by Gasteiger charge is 2.42. The van der Waals surface area contributed by atoms with Gasteiger partial charge < -0.3 is 31.5 Å². The van der Waals surface area contributed by atoms with Gasteiger partial charge in [0, 0.05) is 19.6 Å². The van der Waals surface area contributed by atoms with Crippen LogP contribution in [0.4, 0.5) is 4.79 Å². The predicted molar refractivity (Wildman–Crippen MR) is 152 cm³/mol. The van der Waals surface area contributed by atoms with E-state index in [1.165, 1.54) is 11.0 Å². The molecule has 0 radical (unpaired) electrons. The van der Waals surface area contributed by atoms with Crippen molar-refractivity contribution in [2.24, 2.45) is 11.3 Å². The third-order valence-electron chi connectivity index (χ3n) is 8.39. The van der Waals surface area contributed by atoms with Crippen molar-refractivity contribution in [2.45, 2.75) is 96.2 Å². The first-order valence-electron chi connectivity index (χ1n) is 14.9. The first kappa shape index (κ1) is 32.1. The van der Waals surface area contributed by atoms with E-state index in [2.05, 4.69) is 33.2 Å². The number of rotatable bonds is 14. The largest absolute Gasteiger partial charge is 0.346 e. The lowest BCUT2D eigenvalue weighted by molar-refractivity contribution is -0.142. The van der Waals surface area contributed by atoms with E-state index in [-0.39, 0.29) is 19.0 Å². The summed E-state index contributed by atoms with van der Waals surface area (Å²) >= 11 is 0. The summed E-state index contributed by atoms with van der Waals surface area (Å²) in [5, 5.41) is 13.4. The van der Waals surface area contributed by atoms with Crippen LogP contribution in [0.25, 0.3) is 0 Å². The summed E-state index contributed by atoms with van der Waals surface area (Å²) in [6.07, 6.45) is 9.30. The fraction of sp³-hybridized carbons (Fsp3) is 0.724. The molecule has 0 spiro atoms. The molecule has 1 saturated heterocycles. The van der Waals surface area contributed by atoms with Crippen molar-refractivity contribution >= 4 is 35.4 Å². The molecule has 1 heterocycles. The molecule has 6 amide bonds. The molecule has 41 heavy (non-hydrogen) atoms.